The summed E-state index contributed by atoms with van der Waals surface area (Å²) in [4.78, 5) is 27.4. The molecule has 0 bridgehead atoms. The van der Waals surface area contributed by atoms with Crippen molar-refractivity contribution in [3.63, 3.8) is 0 Å². The third kappa shape index (κ3) is 7.69. The van der Waals surface area contributed by atoms with Crippen molar-refractivity contribution in [2.75, 3.05) is 37.7 Å². The van der Waals surface area contributed by atoms with Crippen LogP contribution in [-0.4, -0.2) is 64.0 Å². The Bertz CT molecular complexity index is 1210. The average molecular weight is 545 g/mol. The Hall–Kier alpha value is -3.67. The summed E-state index contributed by atoms with van der Waals surface area (Å²) in [6.07, 6.45) is 7.79. The number of nitrogens with zero attached hydrogens (tertiary/aromatic N) is 5. The molecule has 1 aromatic carbocycles. The van der Waals surface area contributed by atoms with E-state index in [0.29, 0.717) is 41.7 Å². The Morgan fingerprint density at radius 3 is 2.54 bits per heavy atom. The van der Waals surface area contributed by atoms with Crippen LogP contribution in [0.3, 0.4) is 0 Å². The number of anilines is 1. The van der Waals surface area contributed by atoms with Crippen LogP contribution in [0.4, 0.5) is 14.7 Å². The van der Waals surface area contributed by atoms with Crippen LogP contribution in [-0.2, 0) is 6.42 Å². The minimum absolute atomic E-state index is 0.0380. The first kappa shape index (κ1) is 28.3. The van der Waals surface area contributed by atoms with Crippen LogP contribution >= 0.6 is 0 Å². The predicted octanol–water partition coefficient (Wildman–Crippen LogP) is 3.80. The molecule has 1 saturated heterocycles. The van der Waals surface area contributed by atoms with E-state index >= 15 is 0 Å². The smallest absolute Gasteiger partial charge is 0.257 e. The summed E-state index contributed by atoms with van der Waals surface area (Å²) < 4.78 is 39.3. The molecule has 12 heteroatoms. The third-order valence-corrected chi connectivity index (χ3v) is 6.51. The van der Waals surface area contributed by atoms with Crippen molar-refractivity contribution in [2.24, 2.45) is 11.8 Å². The Labute approximate surface area is 225 Å². The highest BCUT2D eigenvalue weighted by molar-refractivity contribution is 5.94. The second kappa shape index (κ2) is 13.4. The summed E-state index contributed by atoms with van der Waals surface area (Å²) in [6.45, 7) is 5.76. The second-order valence-electron chi connectivity index (χ2n) is 10.0. The van der Waals surface area contributed by atoms with Crippen LogP contribution in [0, 0.1) is 23.5 Å². The van der Waals surface area contributed by atoms with Crippen molar-refractivity contribution in [1.82, 2.24) is 25.4 Å². The zero-order valence-corrected chi connectivity index (χ0v) is 22.2. The maximum absolute atomic E-state index is 14.2. The molecule has 1 aliphatic heterocycles. The van der Waals surface area contributed by atoms with E-state index < -0.39 is 23.1 Å². The lowest BCUT2D eigenvalue weighted by atomic mass is 9.92. The van der Waals surface area contributed by atoms with Gasteiger partial charge in [0.25, 0.3) is 5.91 Å². The summed E-state index contributed by atoms with van der Waals surface area (Å²) in [5.41, 5.74) is 0.0264. The first-order chi connectivity index (χ1) is 18.8. The van der Waals surface area contributed by atoms with E-state index in [1.807, 2.05) is 0 Å². The van der Waals surface area contributed by atoms with E-state index in [-0.39, 0.29) is 18.9 Å². The number of hydrogen-bond acceptors (Lipinski definition) is 9. The van der Waals surface area contributed by atoms with Crippen LogP contribution in [0.25, 0.3) is 11.4 Å². The summed E-state index contributed by atoms with van der Waals surface area (Å²) >= 11 is 0. The summed E-state index contributed by atoms with van der Waals surface area (Å²) in [5.74, 6) is -0.183. The van der Waals surface area contributed by atoms with E-state index in [1.54, 1.807) is 12.4 Å². The lowest BCUT2D eigenvalue weighted by Crippen LogP contribution is -2.34. The normalized spacial score (nSPS) is 14.2. The lowest BCUT2D eigenvalue weighted by Gasteiger charge is -2.32. The first-order valence-electron chi connectivity index (χ1n) is 13.2. The van der Waals surface area contributed by atoms with Crippen molar-refractivity contribution in [1.29, 1.82) is 0 Å². The van der Waals surface area contributed by atoms with Crippen LogP contribution < -0.4 is 15.0 Å². The molecule has 39 heavy (non-hydrogen) atoms. The standard InChI is InChI=1S/C27H34F2N6O4/c1-17(2)12-23-33-25(34-39-23)19-15-31-27(32-16-19)35-8-5-18(6-9-35)4-3-11-38-20-13-21(28)24(22(29)14-20)26(37)30-7-10-36/h13-18,36H,3-12H2,1-2H3,(H,30,37). The number of aliphatic hydroxyl groups excluding tert-OH is 1. The SMILES string of the molecule is CC(C)Cc1nc(-c2cnc(N3CCC(CCCOc4cc(F)c(C(=O)NCCO)c(F)c4)CC3)nc2)no1. The topological polar surface area (TPSA) is 126 Å². The van der Waals surface area contributed by atoms with Crippen molar-refractivity contribution in [2.45, 2.75) is 46.0 Å². The van der Waals surface area contributed by atoms with Crippen LogP contribution in [0.15, 0.2) is 29.0 Å². The van der Waals surface area contributed by atoms with Crippen molar-refractivity contribution < 1.29 is 27.9 Å². The Morgan fingerprint density at radius 2 is 1.90 bits per heavy atom. The third-order valence-electron chi connectivity index (χ3n) is 6.51. The van der Waals surface area contributed by atoms with Crippen LogP contribution in [0.1, 0.15) is 55.8 Å². The molecule has 0 unspecified atom stereocenters. The molecular weight excluding hydrogens is 510 g/mol. The Kier molecular flexibility index (Phi) is 9.74. The number of halogens is 2. The van der Waals surface area contributed by atoms with Gasteiger partial charge in [-0.1, -0.05) is 19.0 Å². The summed E-state index contributed by atoms with van der Waals surface area (Å²) in [6, 6.07) is 2.01. The van der Waals surface area contributed by atoms with E-state index in [9.17, 15) is 13.6 Å². The van der Waals surface area contributed by atoms with E-state index in [4.69, 9.17) is 14.4 Å². The van der Waals surface area contributed by atoms with E-state index in [1.165, 1.54) is 0 Å². The van der Waals surface area contributed by atoms with Gasteiger partial charge in [0.1, 0.15) is 22.9 Å². The zero-order chi connectivity index (χ0) is 27.8. The van der Waals surface area contributed by atoms with Crippen molar-refractivity contribution in [3.05, 3.63) is 47.6 Å². The van der Waals surface area contributed by atoms with Gasteiger partial charge in [-0.15, -0.1) is 0 Å². The molecule has 2 N–H and O–H groups in total. The quantitative estimate of drug-likeness (QED) is 0.327. The van der Waals surface area contributed by atoms with Gasteiger partial charge in [-0.25, -0.2) is 18.7 Å². The molecule has 1 amide bonds. The fourth-order valence-electron chi connectivity index (χ4n) is 4.50. The number of carbonyl (C=O) groups excluding carboxylic acids is 1. The number of carbonyl (C=O) groups is 1. The average Bonchev–Trinajstić information content (AvgIpc) is 3.38. The number of aromatic nitrogens is 4. The number of amides is 1. The first-order valence-corrected chi connectivity index (χ1v) is 13.2. The number of hydrogen-bond donors (Lipinski definition) is 2. The molecular formula is C27H34F2N6O4. The van der Waals surface area contributed by atoms with Crippen LogP contribution in [0.2, 0.25) is 0 Å². The number of rotatable bonds is 12. The Morgan fingerprint density at radius 1 is 1.21 bits per heavy atom. The van der Waals surface area contributed by atoms with Gasteiger partial charge >= 0.3 is 0 Å². The van der Waals surface area contributed by atoms with Gasteiger partial charge in [0, 0.05) is 50.6 Å². The lowest BCUT2D eigenvalue weighted by molar-refractivity contribution is 0.0936. The van der Waals surface area contributed by atoms with Gasteiger partial charge in [0.2, 0.25) is 17.7 Å². The minimum atomic E-state index is -1.00. The largest absolute Gasteiger partial charge is 0.493 e. The summed E-state index contributed by atoms with van der Waals surface area (Å²) in [5, 5.41) is 15.0. The molecule has 1 fully saturated rings. The fourth-order valence-corrected chi connectivity index (χ4v) is 4.50. The van der Waals surface area contributed by atoms with Gasteiger partial charge < -0.3 is 24.6 Å². The van der Waals surface area contributed by atoms with Crippen molar-refractivity contribution in [3.8, 4) is 17.1 Å². The molecule has 0 saturated carbocycles. The van der Waals surface area contributed by atoms with E-state index in [0.717, 1.165) is 57.3 Å². The molecule has 3 aromatic rings. The predicted molar refractivity (Wildman–Crippen MR) is 139 cm³/mol. The van der Waals surface area contributed by atoms with E-state index in [2.05, 4.69) is 44.2 Å². The molecule has 4 rings (SSSR count). The fraction of sp³-hybridized carbons (Fsp3) is 0.519. The van der Waals surface area contributed by atoms with Gasteiger partial charge in [-0.05, 0) is 37.5 Å². The number of ether oxygens (including phenoxy) is 1. The molecule has 0 radical (unpaired) electrons. The summed E-state index contributed by atoms with van der Waals surface area (Å²) in [7, 11) is 0. The Balaban J connectivity index is 1.19. The minimum Gasteiger partial charge on any atom is -0.493 e. The maximum Gasteiger partial charge on any atom is 0.257 e. The monoisotopic (exact) mass is 544 g/mol. The molecule has 2 aromatic heterocycles. The number of piperidine rings is 1. The highest BCUT2D eigenvalue weighted by Crippen LogP contribution is 2.26. The zero-order valence-electron chi connectivity index (χ0n) is 22.2. The van der Waals surface area contributed by atoms with Gasteiger partial charge in [0.05, 0.1) is 18.8 Å². The number of benzene rings is 1. The molecule has 1 aliphatic rings. The molecule has 0 aliphatic carbocycles. The molecule has 0 spiro atoms. The maximum atomic E-state index is 14.2. The van der Waals surface area contributed by atoms with Crippen molar-refractivity contribution >= 4 is 11.9 Å². The number of nitrogens with one attached hydrogen (secondary N) is 1. The highest BCUT2D eigenvalue weighted by atomic mass is 19.1. The molecule has 3 heterocycles. The van der Waals surface area contributed by atoms with Gasteiger partial charge in [-0.3, -0.25) is 4.79 Å². The van der Waals surface area contributed by atoms with Gasteiger partial charge in [-0.2, -0.15) is 4.98 Å². The second-order valence-corrected chi connectivity index (χ2v) is 10.0. The number of aliphatic hydroxyl groups is 1. The molecule has 10 nitrogen and oxygen atoms in total. The van der Waals surface area contributed by atoms with Gasteiger partial charge in [0.15, 0.2) is 0 Å². The molecule has 0 atom stereocenters. The van der Waals surface area contributed by atoms with Crippen LogP contribution in [0.5, 0.6) is 5.75 Å². The molecule has 210 valence electrons. The highest BCUT2D eigenvalue weighted by Gasteiger charge is 2.22.